The summed E-state index contributed by atoms with van der Waals surface area (Å²) in [5, 5.41) is 0. The summed E-state index contributed by atoms with van der Waals surface area (Å²) in [4.78, 5) is 0. The lowest BCUT2D eigenvalue weighted by Crippen LogP contribution is -1.78. The molecule has 0 atom stereocenters. The Morgan fingerprint density at radius 1 is 1.50 bits per heavy atom. The summed E-state index contributed by atoms with van der Waals surface area (Å²) >= 11 is 0. The summed E-state index contributed by atoms with van der Waals surface area (Å²) in [6, 6.07) is 0. The molecule has 0 nitrogen and oxygen atoms in total. The fourth-order valence-electron chi connectivity index (χ4n) is 1.10. The topological polar surface area (TPSA) is 0 Å². The Hall–Kier alpha value is -1.30. The molecule has 12 heavy (non-hydrogen) atoms. The van der Waals surface area contributed by atoms with E-state index >= 15 is 0 Å². The Bertz CT molecular complexity index is 272. The maximum Gasteiger partial charge on any atom is -0.0160 e. The summed E-state index contributed by atoms with van der Waals surface area (Å²) in [7, 11) is 0. The largest absolute Gasteiger partial charge is 0.0991 e. The van der Waals surface area contributed by atoms with Gasteiger partial charge in [-0.15, -0.1) is 0 Å². The molecule has 1 aliphatic carbocycles. The maximum absolute atomic E-state index is 3.64. The summed E-state index contributed by atoms with van der Waals surface area (Å²) in [6.45, 7) is 5.77. The van der Waals surface area contributed by atoms with Crippen LogP contribution in [0.2, 0.25) is 0 Å². The zero-order chi connectivity index (χ0) is 8.81. The minimum absolute atomic E-state index is 1.04. The Morgan fingerprint density at radius 3 is 3.08 bits per heavy atom. The molecule has 0 fully saturated rings. The van der Waals surface area contributed by atoms with E-state index in [1.54, 1.807) is 6.08 Å². The minimum atomic E-state index is 1.04. The molecule has 0 aromatic carbocycles. The highest BCUT2D eigenvalue weighted by molar-refractivity contribution is 5.43. The van der Waals surface area contributed by atoms with Crippen LogP contribution in [0.25, 0.3) is 0 Å². The van der Waals surface area contributed by atoms with Crippen LogP contribution in [-0.2, 0) is 0 Å². The lowest BCUT2D eigenvalue weighted by Gasteiger charge is -1.98. The van der Waals surface area contributed by atoms with Gasteiger partial charge in [-0.05, 0) is 24.5 Å². The smallest absolute Gasteiger partial charge is 0.0160 e. The highest BCUT2D eigenvalue weighted by Crippen LogP contribution is 2.14. The van der Waals surface area contributed by atoms with Crippen LogP contribution in [0, 0.1) is 0 Å². The van der Waals surface area contributed by atoms with Crippen molar-refractivity contribution >= 4 is 0 Å². The van der Waals surface area contributed by atoms with Crippen LogP contribution in [0.15, 0.2) is 60.3 Å². The third-order valence-corrected chi connectivity index (χ3v) is 1.84. The fraction of sp³-hybridized carbons (Fsp3) is 0.167. The van der Waals surface area contributed by atoms with E-state index in [9.17, 15) is 0 Å². The monoisotopic (exact) mass is 158 g/mol. The lowest BCUT2D eigenvalue weighted by molar-refractivity contribution is 1.32. The molecule has 0 heterocycles. The standard InChI is InChI=1S/C12H14/c1-3-4-9-12-10-7-5-6-8-11(12)2/h3-5,7-10H,1,6H2,2H3/b9-4-. The van der Waals surface area contributed by atoms with E-state index in [4.69, 9.17) is 0 Å². The van der Waals surface area contributed by atoms with Gasteiger partial charge in [0.15, 0.2) is 0 Å². The van der Waals surface area contributed by atoms with Crippen LogP contribution in [0.5, 0.6) is 0 Å². The molecule has 0 aromatic rings. The van der Waals surface area contributed by atoms with Gasteiger partial charge in [-0.2, -0.15) is 0 Å². The second kappa shape index (κ2) is 4.55. The van der Waals surface area contributed by atoms with Gasteiger partial charge >= 0.3 is 0 Å². The number of rotatable bonds is 2. The Morgan fingerprint density at radius 2 is 2.33 bits per heavy atom. The first-order valence-electron chi connectivity index (χ1n) is 4.17. The van der Waals surface area contributed by atoms with Gasteiger partial charge in [0.2, 0.25) is 0 Å². The second-order valence-electron chi connectivity index (χ2n) is 2.77. The second-order valence-corrected chi connectivity index (χ2v) is 2.77. The molecule has 0 unspecified atom stereocenters. The van der Waals surface area contributed by atoms with Gasteiger partial charge in [0.1, 0.15) is 0 Å². The van der Waals surface area contributed by atoms with Crippen LogP contribution in [0.1, 0.15) is 13.3 Å². The van der Waals surface area contributed by atoms with Crippen LogP contribution in [0.3, 0.4) is 0 Å². The van der Waals surface area contributed by atoms with Gasteiger partial charge < -0.3 is 0 Å². The quantitative estimate of drug-likeness (QED) is 0.539. The van der Waals surface area contributed by atoms with Crippen molar-refractivity contribution in [3.63, 3.8) is 0 Å². The molecule has 0 spiro atoms. The summed E-state index contributed by atoms with van der Waals surface area (Å²) in [5.74, 6) is 0. The number of allylic oxidation sites excluding steroid dienone is 9. The minimum Gasteiger partial charge on any atom is -0.0991 e. The Kier molecular flexibility index (Phi) is 3.34. The van der Waals surface area contributed by atoms with Crippen molar-refractivity contribution in [1.29, 1.82) is 0 Å². The fourth-order valence-corrected chi connectivity index (χ4v) is 1.10. The first kappa shape index (κ1) is 8.79. The van der Waals surface area contributed by atoms with Crippen molar-refractivity contribution in [1.82, 2.24) is 0 Å². The first-order valence-corrected chi connectivity index (χ1v) is 4.17. The van der Waals surface area contributed by atoms with E-state index in [-0.39, 0.29) is 0 Å². The van der Waals surface area contributed by atoms with Crippen molar-refractivity contribution in [2.75, 3.05) is 0 Å². The van der Waals surface area contributed by atoms with E-state index in [1.807, 2.05) is 6.08 Å². The molecule has 62 valence electrons. The number of hydrogen-bond donors (Lipinski definition) is 0. The predicted octanol–water partition coefficient (Wildman–Crippen LogP) is 3.56. The van der Waals surface area contributed by atoms with E-state index < -0.39 is 0 Å². The van der Waals surface area contributed by atoms with Gasteiger partial charge in [-0.3, -0.25) is 0 Å². The SMILES string of the molecule is C=C/C=C\C1=CC=CCC=C1C. The third-order valence-electron chi connectivity index (χ3n) is 1.84. The normalized spacial score (nSPS) is 17.1. The highest BCUT2D eigenvalue weighted by atomic mass is 14.0. The van der Waals surface area contributed by atoms with Crippen molar-refractivity contribution < 1.29 is 0 Å². The van der Waals surface area contributed by atoms with Crippen molar-refractivity contribution in [3.05, 3.63) is 60.3 Å². The molecule has 0 radical (unpaired) electrons. The van der Waals surface area contributed by atoms with E-state index in [1.165, 1.54) is 11.1 Å². The lowest BCUT2D eigenvalue weighted by atomic mass is 10.1. The van der Waals surface area contributed by atoms with Crippen LogP contribution in [0.4, 0.5) is 0 Å². The van der Waals surface area contributed by atoms with Crippen LogP contribution >= 0.6 is 0 Å². The molecule has 1 rings (SSSR count). The van der Waals surface area contributed by atoms with Gasteiger partial charge in [0.25, 0.3) is 0 Å². The van der Waals surface area contributed by atoms with Crippen LogP contribution < -0.4 is 0 Å². The summed E-state index contributed by atoms with van der Waals surface area (Å²) < 4.78 is 0. The molecule has 0 aliphatic heterocycles. The first-order chi connectivity index (χ1) is 5.84. The average molecular weight is 158 g/mol. The van der Waals surface area contributed by atoms with E-state index in [2.05, 4.69) is 43.9 Å². The molecule has 1 aliphatic rings. The molecule has 0 saturated heterocycles. The predicted molar refractivity (Wildman–Crippen MR) is 54.9 cm³/mol. The molecule has 0 heteroatoms. The molecule has 0 aromatic heterocycles. The maximum atomic E-state index is 3.64. The van der Waals surface area contributed by atoms with Gasteiger partial charge in [-0.25, -0.2) is 0 Å². The third kappa shape index (κ3) is 2.39. The summed E-state index contributed by atoms with van der Waals surface area (Å²) in [5.41, 5.74) is 2.60. The molecular formula is C12H14. The van der Waals surface area contributed by atoms with Crippen molar-refractivity contribution in [2.24, 2.45) is 0 Å². The molecule has 0 amide bonds. The van der Waals surface area contributed by atoms with Crippen molar-refractivity contribution in [3.8, 4) is 0 Å². The Balaban J connectivity index is 2.84. The molecule has 0 saturated carbocycles. The molecule has 0 N–H and O–H groups in total. The average Bonchev–Trinajstić information content (AvgIpc) is 2.27. The van der Waals surface area contributed by atoms with Crippen molar-refractivity contribution in [2.45, 2.75) is 13.3 Å². The molecular weight excluding hydrogens is 144 g/mol. The molecule has 0 bridgehead atoms. The zero-order valence-electron chi connectivity index (χ0n) is 7.46. The summed E-state index contributed by atoms with van der Waals surface area (Å²) in [6.07, 6.45) is 15.5. The number of hydrogen-bond acceptors (Lipinski definition) is 0. The van der Waals surface area contributed by atoms with E-state index in [0.29, 0.717) is 0 Å². The van der Waals surface area contributed by atoms with Gasteiger partial charge in [-0.1, -0.05) is 49.1 Å². The van der Waals surface area contributed by atoms with Gasteiger partial charge in [0.05, 0.1) is 0 Å². The van der Waals surface area contributed by atoms with E-state index in [0.717, 1.165) is 6.42 Å². The van der Waals surface area contributed by atoms with Crippen LogP contribution in [-0.4, -0.2) is 0 Å². The van der Waals surface area contributed by atoms with Gasteiger partial charge in [0, 0.05) is 0 Å². The zero-order valence-corrected chi connectivity index (χ0v) is 7.46. The Labute approximate surface area is 74.3 Å². The highest BCUT2D eigenvalue weighted by Gasteiger charge is 1.95.